The van der Waals surface area contributed by atoms with E-state index >= 15 is 0 Å². The molecule has 108 valence electrons. The number of furan rings is 1. The largest absolute Gasteiger partial charge is 0.465 e. The van der Waals surface area contributed by atoms with E-state index in [4.69, 9.17) is 14.9 Å². The highest BCUT2D eigenvalue weighted by molar-refractivity contribution is 5.07. The number of nitrogens with zero attached hydrogens (tertiary/aromatic N) is 1. The number of rotatable bonds is 7. The van der Waals surface area contributed by atoms with E-state index in [-0.39, 0.29) is 0 Å². The van der Waals surface area contributed by atoms with Crippen molar-refractivity contribution in [2.24, 2.45) is 5.73 Å². The SMILES string of the molecule is CCc1ccc(CN2CCC(OCCCN)CC2)o1. The maximum Gasteiger partial charge on any atom is 0.118 e. The van der Waals surface area contributed by atoms with Crippen LogP contribution in [0.4, 0.5) is 0 Å². The first-order valence-corrected chi connectivity index (χ1v) is 7.43. The Kier molecular flexibility index (Phi) is 5.89. The van der Waals surface area contributed by atoms with Crippen molar-refractivity contribution >= 4 is 0 Å². The predicted octanol–water partition coefficient (Wildman–Crippen LogP) is 2.17. The van der Waals surface area contributed by atoms with E-state index in [1.807, 2.05) is 0 Å². The molecule has 1 aliphatic heterocycles. The Morgan fingerprint density at radius 2 is 2.05 bits per heavy atom. The van der Waals surface area contributed by atoms with Crippen LogP contribution in [0, 0.1) is 0 Å². The van der Waals surface area contributed by atoms with Crippen LogP contribution in [-0.2, 0) is 17.7 Å². The molecule has 0 bridgehead atoms. The molecule has 1 fully saturated rings. The van der Waals surface area contributed by atoms with E-state index in [0.29, 0.717) is 6.10 Å². The van der Waals surface area contributed by atoms with Crippen LogP contribution in [0.3, 0.4) is 0 Å². The molecule has 0 saturated carbocycles. The normalized spacial score (nSPS) is 18.0. The van der Waals surface area contributed by atoms with Gasteiger partial charge in [0.1, 0.15) is 11.5 Å². The first-order chi connectivity index (χ1) is 9.31. The molecule has 2 heterocycles. The smallest absolute Gasteiger partial charge is 0.118 e. The fourth-order valence-corrected chi connectivity index (χ4v) is 2.49. The molecule has 4 nitrogen and oxygen atoms in total. The molecule has 1 aromatic rings. The molecule has 2 N–H and O–H groups in total. The zero-order valence-corrected chi connectivity index (χ0v) is 11.9. The fourth-order valence-electron chi connectivity index (χ4n) is 2.49. The summed E-state index contributed by atoms with van der Waals surface area (Å²) in [5, 5.41) is 0. The lowest BCUT2D eigenvalue weighted by Gasteiger charge is -2.31. The third kappa shape index (κ3) is 4.64. The van der Waals surface area contributed by atoms with Gasteiger partial charge in [-0.3, -0.25) is 4.90 Å². The van der Waals surface area contributed by atoms with Gasteiger partial charge in [-0.1, -0.05) is 6.92 Å². The molecule has 0 aliphatic carbocycles. The molecule has 0 amide bonds. The lowest BCUT2D eigenvalue weighted by Crippen LogP contribution is -2.36. The predicted molar refractivity (Wildman–Crippen MR) is 76.0 cm³/mol. The summed E-state index contributed by atoms with van der Waals surface area (Å²) >= 11 is 0. The van der Waals surface area contributed by atoms with Crippen LogP contribution < -0.4 is 5.73 Å². The van der Waals surface area contributed by atoms with Gasteiger partial charge in [-0.15, -0.1) is 0 Å². The Bertz CT molecular complexity index is 357. The van der Waals surface area contributed by atoms with E-state index in [1.54, 1.807) is 0 Å². The Morgan fingerprint density at radius 3 is 2.68 bits per heavy atom. The van der Waals surface area contributed by atoms with E-state index in [2.05, 4.69) is 24.0 Å². The average Bonchev–Trinajstić information content (AvgIpc) is 2.89. The second kappa shape index (κ2) is 7.68. The van der Waals surface area contributed by atoms with Crippen LogP contribution in [0.25, 0.3) is 0 Å². The maximum atomic E-state index is 5.81. The van der Waals surface area contributed by atoms with Crippen LogP contribution in [0.1, 0.15) is 37.7 Å². The first-order valence-electron chi connectivity index (χ1n) is 7.43. The molecule has 0 unspecified atom stereocenters. The van der Waals surface area contributed by atoms with Gasteiger partial charge in [-0.05, 0) is 37.9 Å². The molecule has 0 radical (unpaired) electrons. The van der Waals surface area contributed by atoms with E-state index in [9.17, 15) is 0 Å². The van der Waals surface area contributed by atoms with Crippen molar-refractivity contribution in [3.8, 4) is 0 Å². The zero-order valence-electron chi connectivity index (χ0n) is 11.9. The summed E-state index contributed by atoms with van der Waals surface area (Å²) < 4.78 is 11.6. The molecule has 4 heteroatoms. The van der Waals surface area contributed by atoms with Crippen molar-refractivity contribution in [1.82, 2.24) is 4.90 Å². The molecule has 0 aromatic carbocycles. The highest BCUT2D eigenvalue weighted by Gasteiger charge is 2.20. The minimum Gasteiger partial charge on any atom is -0.465 e. The van der Waals surface area contributed by atoms with E-state index < -0.39 is 0 Å². The molecule has 1 aliphatic rings. The maximum absolute atomic E-state index is 5.81. The average molecular weight is 266 g/mol. The summed E-state index contributed by atoms with van der Waals surface area (Å²) in [6, 6.07) is 4.18. The number of ether oxygens (including phenoxy) is 1. The third-order valence-corrected chi connectivity index (χ3v) is 3.68. The highest BCUT2D eigenvalue weighted by atomic mass is 16.5. The summed E-state index contributed by atoms with van der Waals surface area (Å²) in [4.78, 5) is 2.45. The molecule has 2 rings (SSSR count). The number of likely N-dealkylation sites (tertiary alicyclic amines) is 1. The summed E-state index contributed by atoms with van der Waals surface area (Å²) in [6.07, 6.45) is 4.59. The Morgan fingerprint density at radius 1 is 1.32 bits per heavy atom. The number of nitrogens with two attached hydrogens (primary N) is 1. The fraction of sp³-hybridized carbons (Fsp3) is 0.733. The second-order valence-corrected chi connectivity index (χ2v) is 5.21. The van der Waals surface area contributed by atoms with Gasteiger partial charge in [0, 0.05) is 26.1 Å². The molecular weight excluding hydrogens is 240 g/mol. The quantitative estimate of drug-likeness (QED) is 0.769. The van der Waals surface area contributed by atoms with E-state index in [1.165, 1.54) is 0 Å². The molecule has 0 spiro atoms. The first kappa shape index (κ1) is 14.6. The lowest BCUT2D eigenvalue weighted by molar-refractivity contribution is 0.00440. The van der Waals surface area contributed by atoms with Crippen LogP contribution in [-0.4, -0.2) is 37.2 Å². The van der Waals surface area contributed by atoms with Crippen LogP contribution in [0.15, 0.2) is 16.5 Å². The standard InChI is InChI=1S/C15H26N2O2/c1-2-13-4-5-15(19-13)12-17-9-6-14(7-10-17)18-11-3-8-16/h4-5,14H,2-3,6-12,16H2,1H3. The zero-order chi connectivity index (χ0) is 13.5. The molecular formula is C15H26N2O2. The van der Waals surface area contributed by atoms with Gasteiger partial charge in [0.2, 0.25) is 0 Å². The van der Waals surface area contributed by atoms with Crippen molar-refractivity contribution in [2.45, 2.75) is 45.3 Å². The van der Waals surface area contributed by atoms with Crippen molar-refractivity contribution in [3.05, 3.63) is 23.7 Å². The van der Waals surface area contributed by atoms with Crippen molar-refractivity contribution in [3.63, 3.8) is 0 Å². The molecule has 1 aromatic heterocycles. The van der Waals surface area contributed by atoms with Gasteiger partial charge in [0.05, 0.1) is 12.6 Å². The monoisotopic (exact) mass is 266 g/mol. The van der Waals surface area contributed by atoms with Gasteiger partial charge in [0.15, 0.2) is 0 Å². The Balaban J connectivity index is 1.68. The van der Waals surface area contributed by atoms with Gasteiger partial charge in [-0.2, -0.15) is 0 Å². The van der Waals surface area contributed by atoms with Crippen LogP contribution in [0.5, 0.6) is 0 Å². The summed E-state index contributed by atoms with van der Waals surface area (Å²) in [6.45, 7) is 6.75. The van der Waals surface area contributed by atoms with E-state index in [0.717, 1.165) is 70.0 Å². The molecule has 19 heavy (non-hydrogen) atoms. The number of hydrogen-bond donors (Lipinski definition) is 1. The number of hydrogen-bond acceptors (Lipinski definition) is 4. The van der Waals surface area contributed by atoms with Gasteiger partial charge < -0.3 is 14.9 Å². The van der Waals surface area contributed by atoms with Gasteiger partial charge in [-0.25, -0.2) is 0 Å². The Labute approximate surface area is 115 Å². The van der Waals surface area contributed by atoms with Crippen molar-refractivity contribution in [1.29, 1.82) is 0 Å². The lowest BCUT2D eigenvalue weighted by atomic mass is 10.1. The summed E-state index contributed by atoms with van der Waals surface area (Å²) in [5.41, 5.74) is 5.47. The topological polar surface area (TPSA) is 51.6 Å². The second-order valence-electron chi connectivity index (χ2n) is 5.21. The van der Waals surface area contributed by atoms with Gasteiger partial charge in [0.25, 0.3) is 0 Å². The molecule has 0 atom stereocenters. The van der Waals surface area contributed by atoms with Crippen LogP contribution in [0.2, 0.25) is 0 Å². The minimum atomic E-state index is 0.422. The van der Waals surface area contributed by atoms with Gasteiger partial charge >= 0.3 is 0 Å². The number of piperidine rings is 1. The van der Waals surface area contributed by atoms with Crippen molar-refractivity contribution < 1.29 is 9.15 Å². The highest BCUT2D eigenvalue weighted by Crippen LogP contribution is 2.17. The third-order valence-electron chi connectivity index (χ3n) is 3.68. The van der Waals surface area contributed by atoms with Crippen molar-refractivity contribution in [2.75, 3.05) is 26.2 Å². The summed E-state index contributed by atoms with van der Waals surface area (Å²) in [5.74, 6) is 2.16. The Hall–Kier alpha value is -0.840. The minimum absolute atomic E-state index is 0.422. The summed E-state index contributed by atoms with van der Waals surface area (Å²) in [7, 11) is 0. The van der Waals surface area contributed by atoms with Crippen LogP contribution >= 0.6 is 0 Å². The number of aryl methyl sites for hydroxylation is 1. The molecule has 1 saturated heterocycles.